The van der Waals surface area contributed by atoms with Gasteiger partial charge in [-0.1, -0.05) is 30.3 Å². The molecular formula is C12H10N2O3. The molecule has 17 heavy (non-hydrogen) atoms. The molecule has 5 nitrogen and oxygen atoms in total. The maximum Gasteiger partial charge on any atom is 0.295 e. The minimum Gasteiger partial charge on any atom is -0.507 e. The highest BCUT2D eigenvalue weighted by atomic mass is 16.6. The van der Waals surface area contributed by atoms with Gasteiger partial charge >= 0.3 is 0 Å². The summed E-state index contributed by atoms with van der Waals surface area (Å²) in [6, 6.07) is 11.5. The smallest absolute Gasteiger partial charge is 0.295 e. The van der Waals surface area contributed by atoms with E-state index in [1.165, 1.54) is 6.07 Å². The van der Waals surface area contributed by atoms with Crippen LogP contribution in [0.15, 0.2) is 42.5 Å². The number of rotatable bonds is 2. The van der Waals surface area contributed by atoms with Gasteiger partial charge in [-0.15, -0.1) is 0 Å². The zero-order valence-corrected chi connectivity index (χ0v) is 8.83. The van der Waals surface area contributed by atoms with Crippen LogP contribution in [0, 0.1) is 10.1 Å². The normalized spacial score (nSPS) is 10.1. The summed E-state index contributed by atoms with van der Waals surface area (Å²) < 4.78 is 0. The van der Waals surface area contributed by atoms with Crippen LogP contribution in [0.2, 0.25) is 0 Å². The van der Waals surface area contributed by atoms with E-state index in [0.29, 0.717) is 5.56 Å². The van der Waals surface area contributed by atoms with Crippen LogP contribution in [0.5, 0.6) is 5.75 Å². The summed E-state index contributed by atoms with van der Waals surface area (Å²) in [6.45, 7) is 0. The average molecular weight is 230 g/mol. The molecule has 3 N–H and O–H groups in total. The van der Waals surface area contributed by atoms with Crippen molar-refractivity contribution in [3.8, 4) is 16.9 Å². The summed E-state index contributed by atoms with van der Waals surface area (Å²) in [5.41, 5.74) is 6.56. The molecule has 86 valence electrons. The van der Waals surface area contributed by atoms with Gasteiger partial charge in [0, 0.05) is 5.56 Å². The van der Waals surface area contributed by atoms with Crippen LogP contribution >= 0.6 is 0 Å². The van der Waals surface area contributed by atoms with Crippen molar-refractivity contribution in [3.05, 3.63) is 52.6 Å². The molecule has 0 aliphatic carbocycles. The zero-order chi connectivity index (χ0) is 12.4. The largest absolute Gasteiger partial charge is 0.507 e. The van der Waals surface area contributed by atoms with Crippen LogP contribution in [0.4, 0.5) is 11.4 Å². The Kier molecular flexibility index (Phi) is 2.66. The van der Waals surface area contributed by atoms with E-state index in [9.17, 15) is 15.2 Å². The van der Waals surface area contributed by atoms with Crippen LogP contribution < -0.4 is 5.73 Å². The summed E-state index contributed by atoms with van der Waals surface area (Å²) in [5.74, 6) is -0.155. The van der Waals surface area contributed by atoms with Gasteiger partial charge in [0.05, 0.1) is 11.0 Å². The summed E-state index contributed by atoms with van der Waals surface area (Å²) in [6.07, 6.45) is 0. The molecule has 0 aliphatic rings. The van der Waals surface area contributed by atoms with Crippen molar-refractivity contribution in [1.29, 1.82) is 0 Å². The Morgan fingerprint density at radius 2 is 1.82 bits per heavy atom. The van der Waals surface area contributed by atoms with Crippen LogP contribution in [0.25, 0.3) is 11.1 Å². The number of phenolic OH excluding ortho intramolecular Hbond substituents is 1. The van der Waals surface area contributed by atoms with Crippen LogP contribution in [0.3, 0.4) is 0 Å². The lowest BCUT2D eigenvalue weighted by Gasteiger charge is -2.06. The number of benzene rings is 2. The number of aromatic hydroxyl groups is 1. The average Bonchev–Trinajstić information content (AvgIpc) is 2.32. The standard InChI is InChI=1S/C12H10N2O3/c13-10-6-9(8-4-2-1-3-5-8)12(15)7-11(10)14(16)17/h1-7,15H,13H2. The first-order valence-corrected chi connectivity index (χ1v) is 4.92. The first kappa shape index (κ1) is 10.9. The summed E-state index contributed by atoms with van der Waals surface area (Å²) in [7, 11) is 0. The molecular weight excluding hydrogens is 220 g/mol. The van der Waals surface area contributed by atoms with Crippen LogP contribution in [0.1, 0.15) is 0 Å². The number of hydrogen-bond donors (Lipinski definition) is 2. The first-order valence-electron chi connectivity index (χ1n) is 4.92. The van der Waals surface area contributed by atoms with E-state index in [4.69, 9.17) is 5.73 Å². The molecule has 0 aliphatic heterocycles. The Morgan fingerprint density at radius 1 is 1.18 bits per heavy atom. The third kappa shape index (κ3) is 2.03. The van der Waals surface area contributed by atoms with E-state index in [0.717, 1.165) is 11.6 Å². The number of nitro groups is 1. The van der Waals surface area contributed by atoms with Crippen molar-refractivity contribution < 1.29 is 10.0 Å². The third-order valence-electron chi connectivity index (χ3n) is 2.43. The third-order valence-corrected chi connectivity index (χ3v) is 2.43. The van der Waals surface area contributed by atoms with Crippen LogP contribution in [-0.2, 0) is 0 Å². The van der Waals surface area contributed by atoms with Gasteiger partial charge in [0.2, 0.25) is 0 Å². The Balaban J connectivity index is 2.58. The number of anilines is 1. The van der Waals surface area contributed by atoms with Crippen molar-refractivity contribution in [2.45, 2.75) is 0 Å². The fourth-order valence-corrected chi connectivity index (χ4v) is 1.60. The number of nitrogens with zero attached hydrogens (tertiary/aromatic N) is 1. The highest BCUT2D eigenvalue weighted by molar-refractivity contribution is 5.78. The second kappa shape index (κ2) is 4.13. The molecule has 0 spiro atoms. The zero-order valence-electron chi connectivity index (χ0n) is 8.83. The lowest BCUT2D eigenvalue weighted by molar-refractivity contribution is -0.384. The second-order valence-electron chi connectivity index (χ2n) is 3.55. The van der Waals surface area contributed by atoms with Gasteiger partial charge in [-0.05, 0) is 11.6 Å². The molecule has 0 atom stereocenters. The quantitative estimate of drug-likeness (QED) is 0.359. The lowest BCUT2D eigenvalue weighted by Crippen LogP contribution is -1.96. The van der Waals surface area contributed by atoms with Crippen LogP contribution in [-0.4, -0.2) is 10.0 Å². The van der Waals surface area contributed by atoms with E-state index in [1.54, 1.807) is 12.1 Å². The summed E-state index contributed by atoms with van der Waals surface area (Å²) in [4.78, 5) is 10.0. The predicted molar refractivity (Wildman–Crippen MR) is 64.6 cm³/mol. The first-order chi connectivity index (χ1) is 8.09. The minimum atomic E-state index is -0.621. The van der Waals surface area contributed by atoms with Gasteiger partial charge in [0.15, 0.2) is 0 Å². The molecule has 0 unspecified atom stereocenters. The number of nitrogens with two attached hydrogens (primary N) is 1. The maximum atomic E-state index is 10.6. The van der Waals surface area contributed by atoms with E-state index in [1.807, 2.05) is 18.2 Å². The van der Waals surface area contributed by atoms with Crippen molar-refractivity contribution in [3.63, 3.8) is 0 Å². The molecule has 0 fully saturated rings. The minimum absolute atomic E-state index is 0.0339. The number of nitro benzene ring substituents is 1. The van der Waals surface area contributed by atoms with E-state index >= 15 is 0 Å². The summed E-state index contributed by atoms with van der Waals surface area (Å²) >= 11 is 0. The van der Waals surface area contributed by atoms with Crippen molar-refractivity contribution in [2.75, 3.05) is 5.73 Å². The highest BCUT2D eigenvalue weighted by Crippen LogP contribution is 2.36. The molecule has 2 rings (SSSR count). The molecule has 5 heteroatoms. The molecule has 0 saturated heterocycles. The Morgan fingerprint density at radius 3 is 2.41 bits per heavy atom. The SMILES string of the molecule is Nc1cc(-c2ccccc2)c(O)cc1[N+](=O)[O-]. The van der Waals surface area contributed by atoms with E-state index < -0.39 is 4.92 Å². The Bertz CT molecular complexity index is 567. The number of hydrogen-bond acceptors (Lipinski definition) is 4. The molecule has 2 aromatic rings. The molecule has 0 aromatic heterocycles. The van der Waals surface area contributed by atoms with Gasteiger partial charge in [-0.2, -0.15) is 0 Å². The molecule has 0 bridgehead atoms. The predicted octanol–water partition coefficient (Wildman–Crippen LogP) is 2.55. The van der Waals surface area contributed by atoms with Gasteiger partial charge in [0.1, 0.15) is 11.4 Å². The second-order valence-corrected chi connectivity index (χ2v) is 3.55. The monoisotopic (exact) mass is 230 g/mol. The van der Waals surface area contributed by atoms with Gasteiger partial charge in [-0.25, -0.2) is 0 Å². The maximum absolute atomic E-state index is 10.6. The highest BCUT2D eigenvalue weighted by Gasteiger charge is 2.16. The fourth-order valence-electron chi connectivity index (χ4n) is 1.60. The topological polar surface area (TPSA) is 89.4 Å². The molecule has 2 aromatic carbocycles. The lowest BCUT2D eigenvalue weighted by atomic mass is 10.0. The molecule has 0 radical (unpaired) electrons. The van der Waals surface area contributed by atoms with Gasteiger partial charge in [-0.3, -0.25) is 10.1 Å². The van der Waals surface area contributed by atoms with Gasteiger partial charge in [0.25, 0.3) is 5.69 Å². The Labute approximate surface area is 97.3 Å². The fraction of sp³-hybridized carbons (Fsp3) is 0. The van der Waals surface area contributed by atoms with Crippen molar-refractivity contribution >= 4 is 11.4 Å². The Hall–Kier alpha value is -2.56. The van der Waals surface area contributed by atoms with Crippen molar-refractivity contribution in [1.82, 2.24) is 0 Å². The number of phenols is 1. The molecule has 0 saturated carbocycles. The van der Waals surface area contributed by atoms with Crippen molar-refractivity contribution in [2.24, 2.45) is 0 Å². The summed E-state index contributed by atoms with van der Waals surface area (Å²) in [5, 5.41) is 20.4. The van der Waals surface area contributed by atoms with Gasteiger partial charge < -0.3 is 10.8 Å². The molecule has 0 amide bonds. The van der Waals surface area contributed by atoms with E-state index in [2.05, 4.69) is 0 Å². The molecule has 0 heterocycles. The van der Waals surface area contributed by atoms with E-state index in [-0.39, 0.29) is 17.1 Å². The number of nitrogen functional groups attached to an aromatic ring is 1.